The lowest BCUT2D eigenvalue weighted by Crippen LogP contribution is -2.69. The van der Waals surface area contributed by atoms with E-state index in [1.54, 1.807) is 24.3 Å². The number of rotatable bonds is 3. The summed E-state index contributed by atoms with van der Waals surface area (Å²) in [6, 6.07) is 6.78. The van der Waals surface area contributed by atoms with Gasteiger partial charge in [-0.15, -0.1) is 0 Å². The van der Waals surface area contributed by atoms with E-state index >= 15 is 0 Å². The van der Waals surface area contributed by atoms with Crippen molar-refractivity contribution < 1.29 is 31.3 Å². The predicted octanol–water partition coefficient (Wildman–Crippen LogP) is 0.549. The molecule has 2 unspecified atom stereocenters. The molecular weight excluding hydrogens is 394 g/mol. The molecule has 0 spiro atoms. The average molecular weight is 410 g/mol. The maximum Gasteiger partial charge on any atom is 0.209 e. The quantitative estimate of drug-likeness (QED) is 0.543. The lowest BCUT2D eigenvalue weighted by Gasteiger charge is -2.49. The van der Waals surface area contributed by atoms with Crippen molar-refractivity contribution in [2.24, 2.45) is 4.99 Å². The Labute approximate surface area is 146 Å². The summed E-state index contributed by atoms with van der Waals surface area (Å²) in [6.07, 6.45) is -5.81. The maximum atomic E-state index is 10.1. The lowest BCUT2D eigenvalue weighted by atomic mass is 9.98. The van der Waals surface area contributed by atoms with E-state index in [0.29, 0.717) is 11.3 Å². The van der Waals surface area contributed by atoms with Crippen LogP contribution in [0.3, 0.4) is 0 Å². The molecule has 0 aliphatic carbocycles. The molecule has 0 saturated carbocycles. The summed E-state index contributed by atoms with van der Waals surface area (Å²) in [5.41, 5.74) is 0.950. The molecule has 1 aromatic rings. The van der Waals surface area contributed by atoms with Gasteiger partial charge in [0.25, 0.3) is 0 Å². The van der Waals surface area contributed by atoms with Crippen LogP contribution in [0.1, 0.15) is 13.0 Å². The third-order valence-electron chi connectivity index (χ3n) is 3.76. The Morgan fingerprint density at radius 1 is 1.43 bits per heavy atom. The first-order valence-electron chi connectivity index (χ1n) is 7.22. The minimum absolute atomic E-state index is 0.422. The molecular formula is C14H15BrClNO6. The number of aliphatic hydroxyl groups excluding tert-OH is 3. The fourth-order valence-corrected chi connectivity index (χ4v) is 3.04. The van der Waals surface area contributed by atoms with Crippen molar-refractivity contribution in [1.29, 1.82) is 0 Å². The summed E-state index contributed by atoms with van der Waals surface area (Å²) in [7, 11) is 0. The molecule has 2 heterocycles. The van der Waals surface area contributed by atoms with E-state index in [0.717, 1.165) is 0 Å². The van der Waals surface area contributed by atoms with Crippen LogP contribution in [-0.2, 0) is 9.47 Å². The summed E-state index contributed by atoms with van der Waals surface area (Å²) in [5, 5.41) is 37.3. The van der Waals surface area contributed by atoms with Gasteiger partial charge in [0.1, 0.15) is 18.3 Å². The highest BCUT2D eigenvalue weighted by atomic mass is 79.9. The number of aliphatic hydroxyl groups is 4. The summed E-state index contributed by atoms with van der Waals surface area (Å²) in [4.78, 5) is 4.07. The van der Waals surface area contributed by atoms with E-state index in [9.17, 15) is 20.4 Å². The molecule has 1 aromatic carbocycles. The van der Waals surface area contributed by atoms with Gasteiger partial charge < -0.3 is 29.9 Å². The zero-order valence-corrected chi connectivity index (χ0v) is 14.0. The molecule has 1 fully saturated rings. The van der Waals surface area contributed by atoms with Crippen LogP contribution in [0, 0.1) is 0 Å². The van der Waals surface area contributed by atoms with E-state index in [4.69, 9.17) is 22.4 Å². The molecule has 0 bridgehead atoms. The van der Waals surface area contributed by atoms with Gasteiger partial charge in [0, 0.05) is 11.8 Å². The molecule has 6 atom stereocenters. The number of hydrogen-bond acceptors (Lipinski definition) is 7. The second-order valence-corrected chi connectivity index (χ2v) is 7.10. The van der Waals surface area contributed by atoms with Crippen molar-refractivity contribution >= 4 is 39.4 Å². The van der Waals surface area contributed by atoms with Gasteiger partial charge in [0.2, 0.25) is 5.06 Å². The van der Waals surface area contributed by atoms with Crippen LogP contribution < -0.4 is 0 Å². The molecule has 4 N–H and O–H groups in total. The van der Waals surface area contributed by atoms with Gasteiger partial charge in [-0.05, 0) is 22.0 Å². The molecule has 1 saturated heterocycles. The zero-order valence-electron chi connectivity index (χ0n) is 12.6. The maximum absolute atomic E-state index is 10.1. The Morgan fingerprint density at radius 2 is 2.13 bits per heavy atom. The van der Waals surface area contributed by atoms with Crippen molar-refractivity contribution in [3.05, 3.63) is 29.8 Å². The first-order chi connectivity index (χ1) is 11.1. The molecule has 9 heteroatoms. The fourth-order valence-electron chi connectivity index (χ4n) is 2.39. The van der Waals surface area contributed by atoms with E-state index in [1.165, 1.54) is 6.21 Å². The van der Waals surface area contributed by atoms with Crippen molar-refractivity contribution in [1.82, 2.24) is 0 Å². The second kappa shape index (κ2) is 6.05. The summed E-state index contributed by atoms with van der Waals surface area (Å²) >= 11 is 8.73. The molecule has 23 heavy (non-hydrogen) atoms. The average Bonchev–Trinajstić information content (AvgIpc) is 2.89. The van der Waals surface area contributed by atoms with E-state index < -0.39 is 40.8 Å². The van der Waals surface area contributed by atoms with Gasteiger partial charge in [-0.2, -0.15) is 0 Å². The minimum Gasteiger partial charge on any atom is -0.392 e. The van der Waals surface area contributed by atoms with E-state index in [-0.39, 0.29) is 0 Å². The smallest absolute Gasteiger partial charge is 0.209 e. The van der Waals surface area contributed by atoms with Crippen molar-refractivity contribution in [3.63, 3.8) is 0 Å². The number of aliphatic imine (C=N–C) groups is 1. The molecule has 126 valence electrons. The van der Waals surface area contributed by atoms with Crippen LogP contribution in [0.2, 0.25) is 0 Å². The first-order valence-corrected chi connectivity index (χ1v) is 7.89. The number of fused-ring (bicyclic) bond motifs is 1. The zero-order chi connectivity index (χ0) is 17.8. The molecule has 0 aromatic heterocycles. The van der Waals surface area contributed by atoms with Gasteiger partial charge in [-0.1, -0.05) is 29.8 Å². The van der Waals surface area contributed by atoms with E-state index in [2.05, 4.69) is 20.9 Å². The molecule has 7 nitrogen and oxygen atoms in total. The standard InChI is InChI=1S/C14H15BrClNO6/c15-13(6-18)14(16,21)11(20)10(19)12(23-13)22-9-5-17-8-4-2-1-3-7(8)9/h1-5,9-12,18-21H,6H2/t9?,10-,11-,12?,13-,14-/m1/s1/i9D. The number of para-hydroxylation sites is 1. The third-order valence-corrected chi connectivity index (χ3v) is 5.56. The normalized spacial score (nSPS) is 46.5. The van der Waals surface area contributed by atoms with Gasteiger partial charge in [-0.3, -0.25) is 4.99 Å². The van der Waals surface area contributed by atoms with Crippen LogP contribution in [0.5, 0.6) is 0 Å². The number of nitrogens with zero attached hydrogens (tertiary/aromatic N) is 1. The molecule has 0 amide bonds. The summed E-state index contributed by atoms with van der Waals surface area (Å²) < 4.78 is 17.3. The first kappa shape index (κ1) is 15.9. The Balaban J connectivity index is 1.90. The number of alkyl halides is 2. The van der Waals surface area contributed by atoms with Crippen molar-refractivity contribution in [2.45, 2.75) is 34.1 Å². The van der Waals surface area contributed by atoms with Crippen LogP contribution >= 0.6 is 27.5 Å². The second-order valence-electron chi connectivity index (χ2n) is 5.24. The van der Waals surface area contributed by atoms with Crippen LogP contribution in [-0.4, -0.2) is 61.3 Å². The Hall–Kier alpha value is -0.580. The van der Waals surface area contributed by atoms with Crippen molar-refractivity contribution in [3.8, 4) is 0 Å². The van der Waals surface area contributed by atoms with Gasteiger partial charge in [0.15, 0.2) is 10.8 Å². The number of ether oxygens (including phenoxy) is 2. The largest absolute Gasteiger partial charge is 0.392 e. The Morgan fingerprint density at radius 3 is 2.83 bits per heavy atom. The van der Waals surface area contributed by atoms with Gasteiger partial charge >= 0.3 is 0 Å². The molecule has 2 aliphatic rings. The number of benzene rings is 1. The topological polar surface area (TPSA) is 112 Å². The number of halogens is 2. The lowest BCUT2D eigenvalue weighted by molar-refractivity contribution is -0.325. The number of hydrogen-bond donors (Lipinski definition) is 4. The van der Waals surface area contributed by atoms with Crippen molar-refractivity contribution in [2.75, 3.05) is 6.61 Å². The van der Waals surface area contributed by atoms with Crippen LogP contribution in [0.4, 0.5) is 5.69 Å². The molecule has 3 rings (SSSR count). The van der Waals surface area contributed by atoms with Crippen LogP contribution in [0.15, 0.2) is 29.3 Å². The van der Waals surface area contributed by atoms with Gasteiger partial charge in [-0.25, -0.2) is 0 Å². The Bertz CT molecular complexity index is 678. The SMILES string of the molecule is [2H]C1(OC2O[C@](Br)(CO)[C@@](O)(Cl)[C@H](O)[C@H]2O)C=Nc2ccccc21. The predicted molar refractivity (Wildman–Crippen MR) is 84.9 cm³/mol. The molecule has 0 radical (unpaired) electrons. The van der Waals surface area contributed by atoms with Gasteiger partial charge in [0.05, 0.1) is 13.7 Å². The highest BCUT2D eigenvalue weighted by Crippen LogP contribution is 2.46. The Kier molecular flexibility index (Phi) is 4.19. The van der Waals surface area contributed by atoms with Crippen LogP contribution in [0.25, 0.3) is 0 Å². The highest BCUT2D eigenvalue weighted by molar-refractivity contribution is 9.10. The highest BCUT2D eigenvalue weighted by Gasteiger charge is 2.63. The monoisotopic (exact) mass is 408 g/mol. The summed E-state index contributed by atoms with van der Waals surface area (Å²) in [6.45, 7) is -0.827. The summed E-state index contributed by atoms with van der Waals surface area (Å²) in [5.74, 6) is 0. The fraction of sp³-hybridized carbons (Fsp3) is 0.500. The minimum atomic E-state index is -2.52. The molecule has 2 aliphatic heterocycles. The third kappa shape index (κ3) is 2.73. The van der Waals surface area contributed by atoms with E-state index in [1.807, 2.05) is 0 Å².